The average Bonchev–Trinajstić information content (AvgIpc) is 2.58. The van der Waals surface area contributed by atoms with E-state index in [1.165, 1.54) is 23.5 Å². The minimum atomic E-state index is -0.382. The Kier molecular flexibility index (Phi) is 3.12. The molecule has 0 saturated heterocycles. The van der Waals surface area contributed by atoms with Crippen LogP contribution in [0.1, 0.15) is 11.9 Å². The van der Waals surface area contributed by atoms with Crippen molar-refractivity contribution in [2.75, 3.05) is 5.73 Å². The number of nitrogens with zero attached hydrogens (tertiary/aromatic N) is 1. The van der Waals surface area contributed by atoms with Gasteiger partial charge in [-0.2, -0.15) is 0 Å². The van der Waals surface area contributed by atoms with Crippen LogP contribution in [0.3, 0.4) is 0 Å². The van der Waals surface area contributed by atoms with E-state index in [0.717, 1.165) is 11.4 Å². The summed E-state index contributed by atoms with van der Waals surface area (Å²) < 4.78 is 13.2. The van der Waals surface area contributed by atoms with E-state index in [-0.39, 0.29) is 5.82 Å². The first-order valence-electron chi connectivity index (χ1n) is 4.81. The lowest BCUT2D eigenvalue weighted by atomic mass is 10.1. The highest BCUT2D eigenvalue weighted by Crippen LogP contribution is 2.32. The van der Waals surface area contributed by atoms with E-state index in [1.54, 1.807) is 6.07 Å². The highest BCUT2D eigenvalue weighted by atomic mass is 35.5. The molecule has 2 N–H and O–H groups in total. The third-order valence-electron chi connectivity index (χ3n) is 2.14. The van der Waals surface area contributed by atoms with E-state index in [9.17, 15) is 4.39 Å². The molecule has 0 aliphatic heterocycles. The van der Waals surface area contributed by atoms with E-state index >= 15 is 0 Å². The minimum Gasteiger partial charge on any atom is -0.389 e. The molecule has 1 aromatic carbocycles. The second kappa shape index (κ2) is 4.39. The first-order valence-corrected chi connectivity index (χ1v) is 6.01. The predicted octanol–water partition coefficient (Wildman–Crippen LogP) is 3.75. The first-order chi connectivity index (χ1) is 7.60. The zero-order valence-corrected chi connectivity index (χ0v) is 10.2. The standard InChI is InChI=1S/C11H10ClFN2S/c1-2-9-15-10(11(14)16-9)6-3-7(12)5-8(13)4-6/h3-5H,2,14H2,1H3. The molecule has 2 nitrogen and oxygen atoms in total. The van der Waals surface area contributed by atoms with Crippen molar-refractivity contribution < 1.29 is 4.39 Å². The van der Waals surface area contributed by atoms with Gasteiger partial charge in [0.1, 0.15) is 16.5 Å². The Morgan fingerprint density at radius 2 is 2.19 bits per heavy atom. The van der Waals surface area contributed by atoms with Gasteiger partial charge in [0.25, 0.3) is 0 Å². The van der Waals surface area contributed by atoms with Crippen molar-refractivity contribution in [3.8, 4) is 11.3 Å². The van der Waals surface area contributed by atoms with Crippen LogP contribution in [0.4, 0.5) is 9.39 Å². The van der Waals surface area contributed by atoms with Crippen LogP contribution >= 0.6 is 22.9 Å². The second-order valence-electron chi connectivity index (χ2n) is 3.33. The molecule has 1 heterocycles. The molecule has 0 saturated carbocycles. The number of aryl methyl sites for hydroxylation is 1. The van der Waals surface area contributed by atoms with Crippen molar-refractivity contribution in [1.82, 2.24) is 4.98 Å². The monoisotopic (exact) mass is 256 g/mol. The molecule has 0 unspecified atom stereocenters. The third-order valence-corrected chi connectivity index (χ3v) is 3.38. The Morgan fingerprint density at radius 1 is 1.44 bits per heavy atom. The Bertz CT molecular complexity index is 504. The van der Waals surface area contributed by atoms with Crippen molar-refractivity contribution in [2.45, 2.75) is 13.3 Å². The summed E-state index contributed by atoms with van der Waals surface area (Å²) in [5.74, 6) is -0.382. The van der Waals surface area contributed by atoms with Gasteiger partial charge in [-0.05, 0) is 24.6 Å². The second-order valence-corrected chi connectivity index (χ2v) is 4.88. The molecule has 2 rings (SSSR count). The molecule has 0 atom stereocenters. The third kappa shape index (κ3) is 2.18. The van der Waals surface area contributed by atoms with E-state index in [2.05, 4.69) is 4.98 Å². The fraction of sp³-hybridized carbons (Fsp3) is 0.182. The van der Waals surface area contributed by atoms with Crippen molar-refractivity contribution in [1.29, 1.82) is 0 Å². The first kappa shape index (κ1) is 11.4. The maximum absolute atomic E-state index is 13.2. The molecule has 16 heavy (non-hydrogen) atoms. The van der Waals surface area contributed by atoms with Crippen molar-refractivity contribution in [2.24, 2.45) is 0 Å². The lowest BCUT2D eigenvalue weighted by Gasteiger charge is -2.00. The molecule has 0 spiro atoms. The number of halogens is 2. The maximum atomic E-state index is 13.2. The topological polar surface area (TPSA) is 38.9 Å². The van der Waals surface area contributed by atoms with Crippen molar-refractivity contribution in [3.63, 3.8) is 0 Å². The lowest BCUT2D eigenvalue weighted by Crippen LogP contribution is -1.87. The summed E-state index contributed by atoms with van der Waals surface area (Å²) in [6.45, 7) is 2.00. The number of benzene rings is 1. The van der Waals surface area contributed by atoms with Crippen LogP contribution < -0.4 is 5.73 Å². The number of hydrogen-bond donors (Lipinski definition) is 1. The molecule has 2 aromatic rings. The SMILES string of the molecule is CCc1nc(-c2cc(F)cc(Cl)c2)c(N)s1. The van der Waals surface area contributed by atoms with Gasteiger partial charge in [0, 0.05) is 10.6 Å². The van der Waals surface area contributed by atoms with Crippen LogP contribution in [-0.4, -0.2) is 4.98 Å². The van der Waals surface area contributed by atoms with Crippen LogP contribution in [-0.2, 0) is 6.42 Å². The fourth-order valence-corrected chi connectivity index (χ4v) is 2.44. The normalized spacial score (nSPS) is 10.7. The number of hydrogen-bond acceptors (Lipinski definition) is 3. The molecule has 5 heteroatoms. The van der Waals surface area contributed by atoms with Crippen LogP contribution in [0.5, 0.6) is 0 Å². The quantitative estimate of drug-likeness (QED) is 0.889. The zero-order chi connectivity index (χ0) is 11.7. The highest BCUT2D eigenvalue weighted by molar-refractivity contribution is 7.16. The van der Waals surface area contributed by atoms with Gasteiger partial charge < -0.3 is 5.73 Å². The zero-order valence-electron chi connectivity index (χ0n) is 8.63. The average molecular weight is 257 g/mol. The highest BCUT2D eigenvalue weighted by Gasteiger charge is 2.11. The maximum Gasteiger partial charge on any atom is 0.125 e. The summed E-state index contributed by atoms with van der Waals surface area (Å²) in [5.41, 5.74) is 7.08. The van der Waals surface area contributed by atoms with Crippen LogP contribution in [0.2, 0.25) is 5.02 Å². The molecule has 0 aliphatic rings. The molecule has 0 amide bonds. The largest absolute Gasteiger partial charge is 0.389 e. The molecular weight excluding hydrogens is 247 g/mol. The number of anilines is 1. The van der Waals surface area contributed by atoms with Crippen LogP contribution in [0.15, 0.2) is 18.2 Å². The molecule has 84 valence electrons. The van der Waals surface area contributed by atoms with Gasteiger partial charge in [0.15, 0.2) is 0 Å². The van der Waals surface area contributed by atoms with Crippen LogP contribution in [0, 0.1) is 5.82 Å². The Morgan fingerprint density at radius 3 is 2.75 bits per heavy atom. The van der Waals surface area contributed by atoms with Crippen molar-refractivity contribution in [3.05, 3.63) is 34.0 Å². The predicted molar refractivity (Wildman–Crippen MR) is 66.3 cm³/mol. The van der Waals surface area contributed by atoms with Gasteiger partial charge in [-0.1, -0.05) is 18.5 Å². The van der Waals surface area contributed by atoms with E-state index in [0.29, 0.717) is 21.3 Å². The summed E-state index contributed by atoms with van der Waals surface area (Å²) >= 11 is 7.21. The van der Waals surface area contributed by atoms with Gasteiger partial charge in [0.2, 0.25) is 0 Å². The van der Waals surface area contributed by atoms with Gasteiger partial charge >= 0.3 is 0 Å². The summed E-state index contributed by atoms with van der Waals surface area (Å²) in [4.78, 5) is 4.35. The summed E-state index contributed by atoms with van der Waals surface area (Å²) in [7, 11) is 0. The molecule has 0 aliphatic carbocycles. The number of thiazole rings is 1. The molecule has 1 aromatic heterocycles. The van der Waals surface area contributed by atoms with E-state index < -0.39 is 0 Å². The Balaban J connectivity index is 2.53. The number of nitrogen functional groups attached to an aromatic ring is 1. The van der Waals surface area contributed by atoms with Crippen molar-refractivity contribution >= 4 is 27.9 Å². The van der Waals surface area contributed by atoms with Crippen LogP contribution in [0.25, 0.3) is 11.3 Å². The molecule has 0 radical (unpaired) electrons. The minimum absolute atomic E-state index is 0.348. The number of rotatable bonds is 2. The van der Waals surface area contributed by atoms with Gasteiger partial charge in [-0.15, -0.1) is 11.3 Å². The fourth-order valence-electron chi connectivity index (χ4n) is 1.43. The smallest absolute Gasteiger partial charge is 0.125 e. The number of aromatic nitrogens is 1. The summed E-state index contributed by atoms with van der Waals surface area (Å²) in [5, 5.41) is 1.88. The lowest BCUT2D eigenvalue weighted by molar-refractivity contribution is 0.628. The van der Waals surface area contributed by atoms with E-state index in [4.69, 9.17) is 17.3 Å². The molecule has 0 fully saturated rings. The Labute approximate surface area is 102 Å². The van der Waals surface area contributed by atoms with Gasteiger partial charge in [0.05, 0.1) is 5.01 Å². The van der Waals surface area contributed by atoms with Gasteiger partial charge in [-0.25, -0.2) is 9.37 Å². The number of nitrogens with two attached hydrogens (primary N) is 1. The van der Waals surface area contributed by atoms with E-state index in [1.807, 2.05) is 6.92 Å². The molecule has 0 bridgehead atoms. The molecular formula is C11H10ClFN2S. The summed E-state index contributed by atoms with van der Waals surface area (Å²) in [6.07, 6.45) is 0.817. The van der Waals surface area contributed by atoms with Gasteiger partial charge in [-0.3, -0.25) is 0 Å². The summed E-state index contributed by atoms with van der Waals surface area (Å²) in [6, 6.07) is 4.31. The Hall–Kier alpha value is -1.13.